The number of carboxylic acid groups (broad SMARTS) is 1. The Bertz CT molecular complexity index is 510. The molecule has 0 saturated carbocycles. The molecule has 1 fully saturated rings. The Morgan fingerprint density at radius 1 is 1.38 bits per heavy atom. The summed E-state index contributed by atoms with van der Waals surface area (Å²) < 4.78 is 18.9. The van der Waals surface area contributed by atoms with E-state index in [0.29, 0.717) is 18.4 Å². The van der Waals surface area contributed by atoms with Gasteiger partial charge in [0.25, 0.3) is 0 Å². The van der Waals surface area contributed by atoms with Crippen molar-refractivity contribution >= 4 is 18.4 Å². The monoisotopic (exact) mass is 360 g/mol. The van der Waals surface area contributed by atoms with Crippen molar-refractivity contribution in [3.8, 4) is 5.75 Å². The van der Waals surface area contributed by atoms with Gasteiger partial charge in [-0.25, -0.2) is 4.39 Å². The maximum Gasteiger partial charge on any atom is 0.317 e. The molecule has 1 aliphatic heterocycles. The van der Waals surface area contributed by atoms with Crippen molar-refractivity contribution in [2.45, 2.75) is 25.8 Å². The molecule has 1 heterocycles. The first kappa shape index (κ1) is 20.7. The highest BCUT2D eigenvalue weighted by molar-refractivity contribution is 5.85. The van der Waals surface area contributed by atoms with Gasteiger partial charge in [-0.15, -0.1) is 12.4 Å². The molecule has 0 aromatic heterocycles. The van der Waals surface area contributed by atoms with Gasteiger partial charge in [0.1, 0.15) is 6.61 Å². The maximum absolute atomic E-state index is 13.4. The van der Waals surface area contributed by atoms with Gasteiger partial charge in [0.15, 0.2) is 11.6 Å². The van der Waals surface area contributed by atoms with Crippen LogP contribution in [-0.2, 0) is 4.79 Å². The van der Waals surface area contributed by atoms with Crippen molar-refractivity contribution in [2.75, 3.05) is 39.3 Å². The van der Waals surface area contributed by atoms with Gasteiger partial charge in [-0.2, -0.15) is 0 Å². The zero-order valence-corrected chi connectivity index (χ0v) is 14.8. The van der Waals surface area contributed by atoms with E-state index < -0.39 is 5.97 Å². The van der Waals surface area contributed by atoms with Gasteiger partial charge in [-0.1, -0.05) is 19.1 Å². The number of carboxylic acids is 1. The highest BCUT2D eigenvalue weighted by Gasteiger charge is 2.24. The van der Waals surface area contributed by atoms with E-state index in [2.05, 4.69) is 4.90 Å². The Balaban J connectivity index is 0.00000288. The van der Waals surface area contributed by atoms with E-state index in [1.165, 1.54) is 6.07 Å². The van der Waals surface area contributed by atoms with Crippen LogP contribution in [-0.4, -0.2) is 66.2 Å². The Labute approximate surface area is 148 Å². The minimum atomic E-state index is -0.771. The molecule has 0 unspecified atom stereocenters. The third kappa shape index (κ3) is 6.26. The molecule has 0 bridgehead atoms. The van der Waals surface area contributed by atoms with E-state index in [4.69, 9.17) is 9.84 Å². The third-order valence-electron chi connectivity index (χ3n) is 4.32. The molecule has 136 valence electrons. The standard InChI is InChI=1S/C17H25FN2O3.ClH/c1-2-20(13-17(21)22)14-7-9-19(10-8-14)11-12-23-16-6-4-3-5-15(16)18;/h3-6,14H,2,7-13H2,1H3,(H,21,22);1H. The number of benzene rings is 1. The molecule has 1 saturated heterocycles. The Hall–Kier alpha value is -1.37. The molecule has 0 spiro atoms. The average Bonchev–Trinajstić information content (AvgIpc) is 2.55. The van der Waals surface area contributed by atoms with Crippen LogP contribution in [0.15, 0.2) is 24.3 Å². The molecule has 0 atom stereocenters. The minimum Gasteiger partial charge on any atom is -0.489 e. The number of para-hydroxylation sites is 1. The van der Waals surface area contributed by atoms with Gasteiger partial charge in [-0.05, 0) is 44.6 Å². The number of halogens is 2. The summed E-state index contributed by atoms with van der Waals surface area (Å²) in [5, 5.41) is 8.95. The summed E-state index contributed by atoms with van der Waals surface area (Å²) in [4.78, 5) is 15.2. The molecule has 1 aromatic carbocycles. The summed E-state index contributed by atoms with van der Waals surface area (Å²) in [7, 11) is 0. The molecular weight excluding hydrogens is 335 g/mol. The Morgan fingerprint density at radius 3 is 2.62 bits per heavy atom. The first-order chi connectivity index (χ1) is 11.1. The van der Waals surface area contributed by atoms with Crippen LogP contribution in [0.25, 0.3) is 0 Å². The lowest BCUT2D eigenvalue weighted by atomic mass is 10.0. The number of nitrogens with zero attached hydrogens (tertiary/aromatic N) is 2. The van der Waals surface area contributed by atoms with Gasteiger partial charge in [0, 0.05) is 12.6 Å². The molecular formula is C17H26ClFN2O3. The molecule has 0 amide bonds. The fraction of sp³-hybridized carbons (Fsp3) is 0.588. The zero-order chi connectivity index (χ0) is 16.7. The van der Waals surface area contributed by atoms with Gasteiger partial charge >= 0.3 is 5.97 Å². The van der Waals surface area contributed by atoms with Gasteiger partial charge in [0.2, 0.25) is 0 Å². The molecule has 5 nitrogen and oxygen atoms in total. The Kier molecular flexibility index (Phi) is 9.03. The predicted octanol–water partition coefficient (Wildman–Crippen LogP) is 2.50. The summed E-state index contributed by atoms with van der Waals surface area (Å²) in [5.41, 5.74) is 0. The number of hydrogen-bond donors (Lipinski definition) is 1. The maximum atomic E-state index is 13.4. The summed E-state index contributed by atoms with van der Waals surface area (Å²) in [6, 6.07) is 6.75. The number of hydrogen-bond acceptors (Lipinski definition) is 4. The molecule has 1 aromatic rings. The smallest absolute Gasteiger partial charge is 0.317 e. The molecule has 0 aliphatic carbocycles. The molecule has 2 rings (SSSR count). The van der Waals surface area contributed by atoms with Crippen molar-refractivity contribution in [2.24, 2.45) is 0 Å². The van der Waals surface area contributed by atoms with Crippen molar-refractivity contribution in [1.29, 1.82) is 0 Å². The van der Waals surface area contributed by atoms with Crippen molar-refractivity contribution in [3.63, 3.8) is 0 Å². The van der Waals surface area contributed by atoms with Crippen LogP contribution in [0.1, 0.15) is 19.8 Å². The average molecular weight is 361 g/mol. The SMILES string of the molecule is CCN(CC(=O)O)C1CCN(CCOc2ccccc2F)CC1.Cl. The highest BCUT2D eigenvalue weighted by Crippen LogP contribution is 2.18. The molecule has 1 aliphatic rings. The lowest BCUT2D eigenvalue weighted by molar-refractivity contribution is -0.139. The fourth-order valence-electron chi connectivity index (χ4n) is 3.03. The number of ether oxygens (including phenoxy) is 1. The lowest BCUT2D eigenvalue weighted by Crippen LogP contribution is -2.47. The minimum absolute atomic E-state index is 0. The largest absolute Gasteiger partial charge is 0.489 e. The number of likely N-dealkylation sites (N-methyl/N-ethyl adjacent to an activating group) is 1. The van der Waals surface area contributed by atoms with Crippen LogP contribution in [0.2, 0.25) is 0 Å². The first-order valence-corrected chi connectivity index (χ1v) is 8.15. The van der Waals surface area contributed by atoms with E-state index in [0.717, 1.165) is 39.0 Å². The molecule has 1 N–H and O–H groups in total. The van der Waals surface area contributed by atoms with Crippen LogP contribution in [0.4, 0.5) is 4.39 Å². The molecule has 24 heavy (non-hydrogen) atoms. The van der Waals surface area contributed by atoms with E-state index in [1.807, 2.05) is 11.8 Å². The van der Waals surface area contributed by atoms with E-state index in [-0.39, 0.29) is 24.8 Å². The van der Waals surface area contributed by atoms with Crippen LogP contribution in [0.3, 0.4) is 0 Å². The summed E-state index contributed by atoms with van der Waals surface area (Å²) in [6.45, 7) is 5.91. The van der Waals surface area contributed by atoms with E-state index in [9.17, 15) is 9.18 Å². The van der Waals surface area contributed by atoms with Gasteiger partial charge in [-0.3, -0.25) is 14.6 Å². The van der Waals surface area contributed by atoms with E-state index >= 15 is 0 Å². The van der Waals surface area contributed by atoms with Crippen LogP contribution < -0.4 is 4.74 Å². The van der Waals surface area contributed by atoms with Crippen LogP contribution in [0, 0.1) is 5.82 Å². The third-order valence-corrected chi connectivity index (χ3v) is 4.32. The molecule has 0 radical (unpaired) electrons. The second-order valence-corrected chi connectivity index (χ2v) is 5.81. The number of likely N-dealkylation sites (tertiary alicyclic amines) is 1. The normalized spacial score (nSPS) is 16.0. The number of rotatable bonds is 8. The van der Waals surface area contributed by atoms with Gasteiger partial charge in [0.05, 0.1) is 6.54 Å². The summed E-state index contributed by atoms with van der Waals surface area (Å²) in [6.07, 6.45) is 1.92. The Morgan fingerprint density at radius 2 is 2.04 bits per heavy atom. The lowest BCUT2D eigenvalue weighted by Gasteiger charge is -2.37. The first-order valence-electron chi connectivity index (χ1n) is 8.15. The fourth-order valence-corrected chi connectivity index (χ4v) is 3.03. The predicted molar refractivity (Wildman–Crippen MR) is 93.5 cm³/mol. The highest BCUT2D eigenvalue weighted by atomic mass is 35.5. The topological polar surface area (TPSA) is 53.0 Å². The number of carbonyl (C=O) groups is 1. The van der Waals surface area contributed by atoms with Crippen LogP contribution in [0.5, 0.6) is 5.75 Å². The summed E-state index contributed by atoms with van der Waals surface area (Å²) >= 11 is 0. The van der Waals surface area contributed by atoms with Crippen LogP contribution >= 0.6 is 12.4 Å². The second kappa shape index (κ2) is 10.5. The van der Waals surface area contributed by atoms with Crippen molar-refractivity contribution < 1.29 is 19.0 Å². The van der Waals surface area contributed by atoms with Gasteiger partial charge < -0.3 is 9.84 Å². The zero-order valence-electron chi connectivity index (χ0n) is 14.0. The summed E-state index contributed by atoms with van der Waals surface area (Å²) in [5.74, 6) is -0.813. The number of aliphatic carboxylic acids is 1. The van der Waals surface area contributed by atoms with Crippen molar-refractivity contribution in [1.82, 2.24) is 9.80 Å². The van der Waals surface area contributed by atoms with E-state index in [1.54, 1.807) is 18.2 Å². The molecule has 7 heteroatoms. The second-order valence-electron chi connectivity index (χ2n) is 5.81. The quantitative estimate of drug-likeness (QED) is 0.772. The number of piperidine rings is 1. The van der Waals surface area contributed by atoms with Crippen molar-refractivity contribution in [3.05, 3.63) is 30.1 Å².